The Morgan fingerprint density at radius 3 is 2.22 bits per heavy atom. The second-order valence-corrected chi connectivity index (χ2v) is 6.73. The first-order valence-electron chi connectivity index (χ1n) is 8.94. The standard InChI is InChI=1S/C21H26N2O4/c1-25-18-9-8-15(10-19(18)26-2)13-22-20(24)23-14-21(27-3)11-16-6-4-5-7-17(16)12-21/h4-10H,11-14H2,1-3H3,(H2,22,23,24). The van der Waals surface area contributed by atoms with Crippen LogP contribution in [0.1, 0.15) is 16.7 Å². The molecule has 3 rings (SSSR count). The fourth-order valence-electron chi connectivity index (χ4n) is 3.48. The van der Waals surface area contributed by atoms with E-state index in [0.717, 1.165) is 18.4 Å². The van der Waals surface area contributed by atoms with Crippen molar-refractivity contribution in [2.24, 2.45) is 0 Å². The number of carbonyl (C=O) groups is 1. The summed E-state index contributed by atoms with van der Waals surface area (Å²) in [7, 11) is 4.89. The molecular weight excluding hydrogens is 344 g/mol. The maximum absolute atomic E-state index is 12.2. The van der Waals surface area contributed by atoms with E-state index in [4.69, 9.17) is 14.2 Å². The van der Waals surface area contributed by atoms with Gasteiger partial charge in [0.05, 0.1) is 19.8 Å². The molecule has 0 atom stereocenters. The molecule has 1 aliphatic rings. The number of fused-ring (bicyclic) bond motifs is 1. The predicted molar refractivity (Wildman–Crippen MR) is 103 cm³/mol. The molecule has 0 heterocycles. The van der Waals surface area contributed by atoms with Crippen LogP contribution in [0.4, 0.5) is 4.79 Å². The fraction of sp³-hybridized carbons (Fsp3) is 0.381. The lowest BCUT2D eigenvalue weighted by Crippen LogP contribution is -2.48. The molecule has 0 saturated heterocycles. The van der Waals surface area contributed by atoms with Crippen LogP contribution in [0.5, 0.6) is 11.5 Å². The Balaban J connectivity index is 1.53. The second-order valence-electron chi connectivity index (χ2n) is 6.73. The van der Waals surface area contributed by atoms with Crippen molar-refractivity contribution < 1.29 is 19.0 Å². The molecule has 2 aromatic rings. The molecule has 0 saturated carbocycles. The number of amides is 2. The Morgan fingerprint density at radius 1 is 0.963 bits per heavy atom. The van der Waals surface area contributed by atoms with Gasteiger partial charge in [-0.3, -0.25) is 0 Å². The highest BCUT2D eigenvalue weighted by Crippen LogP contribution is 2.32. The number of rotatable bonds is 7. The third-order valence-corrected chi connectivity index (χ3v) is 5.05. The number of hydrogen-bond donors (Lipinski definition) is 2. The van der Waals surface area contributed by atoms with Gasteiger partial charge in [0.2, 0.25) is 0 Å². The average Bonchev–Trinajstić information content (AvgIpc) is 3.09. The van der Waals surface area contributed by atoms with Crippen LogP contribution in [-0.4, -0.2) is 39.5 Å². The Bertz CT molecular complexity index is 782. The lowest BCUT2D eigenvalue weighted by atomic mass is 10.0. The zero-order valence-corrected chi connectivity index (χ0v) is 16.0. The zero-order valence-electron chi connectivity index (χ0n) is 16.0. The molecule has 0 aliphatic heterocycles. The van der Waals surface area contributed by atoms with Crippen LogP contribution in [0.15, 0.2) is 42.5 Å². The highest BCUT2D eigenvalue weighted by Gasteiger charge is 2.37. The van der Waals surface area contributed by atoms with Gasteiger partial charge in [-0.15, -0.1) is 0 Å². The van der Waals surface area contributed by atoms with Gasteiger partial charge in [-0.2, -0.15) is 0 Å². The van der Waals surface area contributed by atoms with Crippen LogP contribution in [0.3, 0.4) is 0 Å². The fourth-order valence-corrected chi connectivity index (χ4v) is 3.48. The molecule has 27 heavy (non-hydrogen) atoms. The molecule has 0 spiro atoms. The number of hydrogen-bond acceptors (Lipinski definition) is 4. The maximum Gasteiger partial charge on any atom is 0.315 e. The SMILES string of the molecule is COc1ccc(CNC(=O)NCC2(OC)Cc3ccccc3C2)cc1OC. The van der Waals surface area contributed by atoms with E-state index in [1.807, 2.05) is 30.3 Å². The third-order valence-electron chi connectivity index (χ3n) is 5.05. The van der Waals surface area contributed by atoms with Crippen molar-refractivity contribution in [2.45, 2.75) is 25.0 Å². The topological polar surface area (TPSA) is 68.8 Å². The molecule has 0 radical (unpaired) electrons. The zero-order chi connectivity index (χ0) is 19.3. The van der Waals surface area contributed by atoms with Crippen LogP contribution in [0, 0.1) is 0 Å². The van der Waals surface area contributed by atoms with Crippen LogP contribution in [0.25, 0.3) is 0 Å². The Labute approximate surface area is 159 Å². The van der Waals surface area contributed by atoms with Crippen molar-refractivity contribution in [3.8, 4) is 11.5 Å². The van der Waals surface area contributed by atoms with Gasteiger partial charge in [0.25, 0.3) is 0 Å². The number of ether oxygens (including phenoxy) is 3. The minimum absolute atomic E-state index is 0.225. The molecule has 1 aliphatic carbocycles. The lowest BCUT2D eigenvalue weighted by molar-refractivity contribution is 0.00177. The summed E-state index contributed by atoms with van der Waals surface area (Å²) in [6.45, 7) is 0.850. The Morgan fingerprint density at radius 2 is 1.63 bits per heavy atom. The first-order chi connectivity index (χ1) is 13.1. The molecule has 0 bridgehead atoms. The van der Waals surface area contributed by atoms with Gasteiger partial charge < -0.3 is 24.8 Å². The molecule has 0 fully saturated rings. The maximum atomic E-state index is 12.2. The van der Waals surface area contributed by atoms with E-state index in [1.165, 1.54) is 11.1 Å². The monoisotopic (exact) mass is 370 g/mol. The largest absolute Gasteiger partial charge is 0.493 e. The summed E-state index contributed by atoms with van der Waals surface area (Å²) in [4.78, 5) is 12.2. The lowest BCUT2D eigenvalue weighted by Gasteiger charge is -2.27. The van der Waals surface area contributed by atoms with Crippen LogP contribution < -0.4 is 20.1 Å². The highest BCUT2D eigenvalue weighted by molar-refractivity contribution is 5.74. The highest BCUT2D eigenvalue weighted by atomic mass is 16.5. The summed E-state index contributed by atoms with van der Waals surface area (Å²) in [6, 6.07) is 13.7. The first-order valence-corrected chi connectivity index (χ1v) is 8.94. The number of urea groups is 1. The van der Waals surface area contributed by atoms with E-state index in [9.17, 15) is 4.79 Å². The second kappa shape index (κ2) is 8.31. The van der Waals surface area contributed by atoms with E-state index in [2.05, 4.69) is 22.8 Å². The molecule has 6 heteroatoms. The van der Waals surface area contributed by atoms with E-state index in [0.29, 0.717) is 24.6 Å². The summed E-state index contributed by atoms with van der Waals surface area (Å²) in [5.74, 6) is 1.30. The van der Waals surface area contributed by atoms with E-state index in [-0.39, 0.29) is 11.6 Å². The van der Waals surface area contributed by atoms with Crippen molar-refractivity contribution in [3.05, 3.63) is 59.2 Å². The van der Waals surface area contributed by atoms with Crippen molar-refractivity contribution in [1.29, 1.82) is 0 Å². The molecule has 0 unspecified atom stereocenters. The van der Waals surface area contributed by atoms with Crippen molar-refractivity contribution in [3.63, 3.8) is 0 Å². The smallest absolute Gasteiger partial charge is 0.315 e. The van der Waals surface area contributed by atoms with Gasteiger partial charge in [-0.1, -0.05) is 30.3 Å². The molecule has 2 amide bonds. The molecule has 2 N–H and O–H groups in total. The first kappa shape index (κ1) is 19.0. The summed E-state index contributed by atoms with van der Waals surface area (Å²) in [5.41, 5.74) is 3.11. The minimum Gasteiger partial charge on any atom is -0.493 e. The normalized spacial score (nSPS) is 14.3. The summed E-state index contributed by atoms with van der Waals surface area (Å²) < 4.78 is 16.3. The van der Waals surface area contributed by atoms with E-state index >= 15 is 0 Å². The van der Waals surface area contributed by atoms with Crippen LogP contribution in [-0.2, 0) is 24.1 Å². The molecule has 6 nitrogen and oxygen atoms in total. The van der Waals surface area contributed by atoms with Gasteiger partial charge in [-0.05, 0) is 28.8 Å². The minimum atomic E-state index is -0.385. The molecular formula is C21H26N2O4. The van der Waals surface area contributed by atoms with E-state index in [1.54, 1.807) is 21.3 Å². The number of carbonyl (C=O) groups excluding carboxylic acids is 1. The summed E-state index contributed by atoms with van der Waals surface area (Å²) in [5, 5.41) is 5.81. The molecule has 144 valence electrons. The summed E-state index contributed by atoms with van der Waals surface area (Å²) >= 11 is 0. The third kappa shape index (κ3) is 4.34. The van der Waals surface area contributed by atoms with E-state index < -0.39 is 0 Å². The van der Waals surface area contributed by atoms with Crippen molar-refractivity contribution in [2.75, 3.05) is 27.9 Å². The average molecular weight is 370 g/mol. The van der Waals surface area contributed by atoms with Gasteiger partial charge in [0, 0.05) is 33.0 Å². The van der Waals surface area contributed by atoms with Gasteiger partial charge in [0.15, 0.2) is 11.5 Å². The van der Waals surface area contributed by atoms with Gasteiger partial charge in [0.1, 0.15) is 0 Å². The van der Waals surface area contributed by atoms with Crippen LogP contribution in [0.2, 0.25) is 0 Å². The van der Waals surface area contributed by atoms with Gasteiger partial charge >= 0.3 is 6.03 Å². The number of methoxy groups -OCH3 is 3. The van der Waals surface area contributed by atoms with Crippen molar-refractivity contribution in [1.82, 2.24) is 10.6 Å². The Kier molecular flexibility index (Phi) is 5.86. The molecule has 2 aromatic carbocycles. The Hall–Kier alpha value is -2.73. The summed E-state index contributed by atoms with van der Waals surface area (Å²) in [6.07, 6.45) is 1.60. The van der Waals surface area contributed by atoms with Gasteiger partial charge in [-0.25, -0.2) is 4.79 Å². The van der Waals surface area contributed by atoms with Crippen LogP contribution >= 0.6 is 0 Å². The quantitative estimate of drug-likeness (QED) is 0.786. The van der Waals surface area contributed by atoms with Crippen molar-refractivity contribution >= 4 is 6.03 Å². The number of benzene rings is 2. The predicted octanol–water partition coefficient (Wildman–Crippen LogP) is 2.69. The number of nitrogens with one attached hydrogen (secondary N) is 2. The molecule has 0 aromatic heterocycles.